The Balaban J connectivity index is 1.77. The minimum atomic E-state index is -3.47. The van der Waals surface area contributed by atoms with Crippen LogP contribution >= 0.6 is 0 Å². The summed E-state index contributed by atoms with van der Waals surface area (Å²) < 4.78 is 33.2. The molecule has 1 aromatic carbocycles. The SMILES string of the molecule is Cc1noc(C)c1-c1ccc(S(=O)(=O)NC2CCC(C)CC2)cc1. The quantitative estimate of drug-likeness (QED) is 0.912. The predicted octanol–water partition coefficient (Wildman–Crippen LogP) is 3.82. The van der Waals surface area contributed by atoms with Crippen molar-refractivity contribution in [3.63, 3.8) is 0 Å². The van der Waals surface area contributed by atoms with Crippen molar-refractivity contribution >= 4 is 10.0 Å². The molecule has 1 saturated carbocycles. The molecule has 0 amide bonds. The summed E-state index contributed by atoms with van der Waals surface area (Å²) in [5.74, 6) is 1.43. The maximum Gasteiger partial charge on any atom is 0.240 e. The number of hydrogen-bond acceptors (Lipinski definition) is 4. The molecule has 0 unspecified atom stereocenters. The maximum absolute atomic E-state index is 12.6. The van der Waals surface area contributed by atoms with Gasteiger partial charge in [0, 0.05) is 11.6 Å². The Morgan fingerprint density at radius 1 is 1.08 bits per heavy atom. The Hall–Kier alpha value is -1.66. The van der Waals surface area contributed by atoms with E-state index in [1.165, 1.54) is 0 Å². The molecule has 3 rings (SSSR count). The average molecular weight is 348 g/mol. The van der Waals surface area contributed by atoms with Crippen molar-refractivity contribution in [2.24, 2.45) is 5.92 Å². The molecule has 24 heavy (non-hydrogen) atoms. The molecule has 2 aromatic rings. The normalized spacial score (nSPS) is 21.8. The van der Waals surface area contributed by atoms with Crippen molar-refractivity contribution < 1.29 is 12.9 Å². The molecule has 0 bridgehead atoms. The highest BCUT2D eigenvalue weighted by molar-refractivity contribution is 7.89. The summed E-state index contributed by atoms with van der Waals surface area (Å²) in [5, 5.41) is 3.94. The molecule has 1 aromatic heterocycles. The summed E-state index contributed by atoms with van der Waals surface area (Å²) in [6.45, 7) is 5.95. The van der Waals surface area contributed by atoms with Crippen LogP contribution in [0, 0.1) is 19.8 Å². The topological polar surface area (TPSA) is 72.2 Å². The zero-order valence-electron chi connectivity index (χ0n) is 14.4. The van der Waals surface area contributed by atoms with Gasteiger partial charge >= 0.3 is 0 Å². The molecule has 0 aliphatic heterocycles. The molecule has 0 spiro atoms. The highest BCUT2D eigenvalue weighted by Gasteiger charge is 2.24. The zero-order chi connectivity index (χ0) is 17.3. The first-order chi connectivity index (χ1) is 11.4. The van der Waals surface area contributed by atoms with Crippen molar-refractivity contribution in [1.82, 2.24) is 9.88 Å². The third-order valence-corrected chi connectivity index (χ3v) is 6.36. The number of aryl methyl sites for hydroxylation is 2. The van der Waals surface area contributed by atoms with Crippen molar-refractivity contribution in [1.29, 1.82) is 0 Å². The molecule has 1 N–H and O–H groups in total. The van der Waals surface area contributed by atoms with Crippen LogP contribution in [0.15, 0.2) is 33.7 Å². The van der Waals surface area contributed by atoms with Gasteiger partial charge in [-0.15, -0.1) is 0 Å². The zero-order valence-corrected chi connectivity index (χ0v) is 15.2. The molecule has 0 atom stereocenters. The van der Waals surface area contributed by atoms with Crippen LogP contribution in [0.5, 0.6) is 0 Å². The molecule has 1 aliphatic carbocycles. The largest absolute Gasteiger partial charge is 0.361 e. The third-order valence-electron chi connectivity index (χ3n) is 4.82. The Labute approximate surface area is 143 Å². The second-order valence-electron chi connectivity index (χ2n) is 6.80. The van der Waals surface area contributed by atoms with Crippen LogP contribution in [-0.2, 0) is 10.0 Å². The summed E-state index contributed by atoms with van der Waals surface area (Å²) >= 11 is 0. The van der Waals surface area contributed by atoms with E-state index in [9.17, 15) is 8.42 Å². The first-order valence-corrected chi connectivity index (χ1v) is 9.91. The molecule has 0 radical (unpaired) electrons. The van der Waals surface area contributed by atoms with Gasteiger partial charge in [0.2, 0.25) is 10.0 Å². The first-order valence-electron chi connectivity index (χ1n) is 8.42. The Morgan fingerprint density at radius 2 is 1.71 bits per heavy atom. The number of nitrogens with zero attached hydrogens (tertiary/aromatic N) is 1. The molecule has 0 saturated heterocycles. The van der Waals surface area contributed by atoms with E-state index >= 15 is 0 Å². The minimum Gasteiger partial charge on any atom is -0.361 e. The Bertz CT molecular complexity index is 782. The minimum absolute atomic E-state index is 0.0495. The van der Waals surface area contributed by atoms with E-state index in [2.05, 4.69) is 16.8 Å². The van der Waals surface area contributed by atoms with Gasteiger partial charge in [-0.3, -0.25) is 0 Å². The van der Waals surface area contributed by atoms with Gasteiger partial charge in [0.25, 0.3) is 0 Å². The number of sulfonamides is 1. The molecular formula is C18H24N2O3S. The smallest absolute Gasteiger partial charge is 0.240 e. The number of rotatable bonds is 4. The van der Waals surface area contributed by atoms with Crippen molar-refractivity contribution in [2.45, 2.75) is 57.4 Å². The third kappa shape index (κ3) is 3.54. The van der Waals surface area contributed by atoms with E-state index in [4.69, 9.17) is 4.52 Å². The standard InChI is InChI=1S/C18H24N2O3S/c1-12-4-8-16(9-5-12)20-24(21,22)17-10-6-15(7-11-17)18-13(2)19-23-14(18)3/h6-7,10-12,16,20H,4-5,8-9H2,1-3H3. The number of aromatic nitrogens is 1. The van der Waals surface area contributed by atoms with E-state index < -0.39 is 10.0 Å². The highest BCUT2D eigenvalue weighted by atomic mass is 32.2. The lowest BCUT2D eigenvalue weighted by Gasteiger charge is -2.26. The maximum atomic E-state index is 12.6. The van der Waals surface area contributed by atoms with Gasteiger partial charge in [0.15, 0.2) is 0 Å². The van der Waals surface area contributed by atoms with Crippen LogP contribution in [0.25, 0.3) is 11.1 Å². The Kier molecular flexibility index (Phi) is 4.78. The van der Waals surface area contributed by atoms with E-state index in [0.29, 0.717) is 10.8 Å². The van der Waals surface area contributed by atoms with Gasteiger partial charge in [-0.25, -0.2) is 13.1 Å². The lowest BCUT2D eigenvalue weighted by Crippen LogP contribution is -2.37. The average Bonchev–Trinajstić information content (AvgIpc) is 2.88. The second-order valence-corrected chi connectivity index (χ2v) is 8.52. The van der Waals surface area contributed by atoms with E-state index in [0.717, 1.165) is 48.3 Å². The molecular weight excluding hydrogens is 324 g/mol. The molecule has 1 aliphatic rings. The fourth-order valence-electron chi connectivity index (χ4n) is 3.36. The lowest BCUT2D eigenvalue weighted by atomic mass is 9.88. The van der Waals surface area contributed by atoms with Crippen LogP contribution in [0.4, 0.5) is 0 Å². The van der Waals surface area contributed by atoms with Gasteiger partial charge in [0.05, 0.1) is 10.6 Å². The molecule has 1 fully saturated rings. The second kappa shape index (κ2) is 6.69. The van der Waals surface area contributed by atoms with E-state index in [1.54, 1.807) is 12.1 Å². The number of nitrogens with one attached hydrogen (secondary N) is 1. The molecule has 130 valence electrons. The van der Waals surface area contributed by atoms with Gasteiger partial charge in [-0.05, 0) is 63.1 Å². The summed E-state index contributed by atoms with van der Waals surface area (Å²) in [6, 6.07) is 6.96. The van der Waals surface area contributed by atoms with E-state index in [-0.39, 0.29) is 6.04 Å². The van der Waals surface area contributed by atoms with Crippen LogP contribution in [0.2, 0.25) is 0 Å². The molecule has 5 nitrogen and oxygen atoms in total. The van der Waals surface area contributed by atoms with Gasteiger partial charge in [-0.2, -0.15) is 0 Å². The van der Waals surface area contributed by atoms with E-state index in [1.807, 2.05) is 26.0 Å². The summed E-state index contributed by atoms with van der Waals surface area (Å²) in [4.78, 5) is 0.302. The van der Waals surface area contributed by atoms with Crippen molar-refractivity contribution in [3.8, 4) is 11.1 Å². The summed E-state index contributed by atoms with van der Waals surface area (Å²) in [6.07, 6.45) is 3.99. The first kappa shape index (κ1) is 17.2. The summed E-state index contributed by atoms with van der Waals surface area (Å²) in [7, 11) is -3.47. The number of benzene rings is 1. The summed E-state index contributed by atoms with van der Waals surface area (Å²) in [5.41, 5.74) is 2.64. The van der Waals surface area contributed by atoms with Gasteiger partial charge in [0.1, 0.15) is 5.76 Å². The lowest BCUT2D eigenvalue weighted by molar-refractivity contribution is 0.332. The van der Waals surface area contributed by atoms with Crippen LogP contribution in [-0.4, -0.2) is 19.6 Å². The van der Waals surface area contributed by atoms with Crippen LogP contribution in [0.3, 0.4) is 0 Å². The fraction of sp³-hybridized carbons (Fsp3) is 0.500. The highest BCUT2D eigenvalue weighted by Crippen LogP contribution is 2.28. The number of hydrogen-bond donors (Lipinski definition) is 1. The van der Waals surface area contributed by atoms with Crippen molar-refractivity contribution in [2.75, 3.05) is 0 Å². The fourth-order valence-corrected chi connectivity index (χ4v) is 4.67. The predicted molar refractivity (Wildman–Crippen MR) is 93.2 cm³/mol. The van der Waals surface area contributed by atoms with Gasteiger partial charge in [-0.1, -0.05) is 24.2 Å². The van der Waals surface area contributed by atoms with Gasteiger partial charge < -0.3 is 4.52 Å². The van der Waals surface area contributed by atoms with Crippen LogP contribution < -0.4 is 4.72 Å². The monoisotopic (exact) mass is 348 g/mol. The molecule has 1 heterocycles. The van der Waals surface area contributed by atoms with Crippen LogP contribution in [0.1, 0.15) is 44.1 Å². The Morgan fingerprint density at radius 3 is 2.25 bits per heavy atom. The molecule has 6 heteroatoms. The van der Waals surface area contributed by atoms with Crippen molar-refractivity contribution in [3.05, 3.63) is 35.7 Å².